The van der Waals surface area contributed by atoms with E-state index in [1.807, 2.05) is 6.92 Å². The van der Waals surface area contributed by atoms with Crippen molar-refractivity contribution in [3.8, 4) is 0 Å². The van der Waals surface area contributed by atoms with Crippen LogP contribution >= 0.6 is 0 Å². The molecular weight excluding hydrogens is 312 g/mol. The number of hydrogen-bond donors (Lipinski definition) is 1. The molecule has 0 atom stereocenters. The fraction of sp³-hybridized carbons (Fsp3) is 1.00. The third kappa shape index (κ3) is 7.08. The van der Waals surface area contributed by atoms with E-state index in [1.165, 1.54) is 10.6 Å². The maximum atomic E-state index is 11.9. The molecule has 0 radical (unpaired) electrons. The van der Waals surface area contributed by atoms with Gasteiger partial charge in [0.15, 0.2) is 0 Å². The van der Waals surface area contributed by atoms with Crippen LogP contribution in [0.3, 0.4) is 0 Å². The minimum Gasteiger partial charge on any atom is -0.214 e. The van der Waals surface area contributed by atoms with Gasteiger partial charge in [-0.05, 0) is 19.3 Å². The summed E-state index contributed by atoms with van der Waals surface area (Å²) in [7, 11) is -6.59. The molecule has 1 N–H and O–H groups in total. The van der Waals surface area contributed by atoms with Gasteiger partial charge in [-0.15, -0.1) is 0 Å². The van der Waals surface area contributed by atoms with Crippen molar-refractivity contribution >= 4 is 20.0 Å². The van der Waals surface area contributed by atoms with Crippen LogP contribution in [0, 0.1) is 0 Å². The molecule has 0 saturated heterocycles. The van der Waals surface area contributed by atoms with Gasteiger partial charge in [0.1, 0.15) is 0 Å². The van der Waals surface area contributed by atoms with Gasteiger partial charge >= 0.3 is 0 Å². The highest BCUT2D eigenvalue weighted by atomic mass is 32.2. The Balaban J connectivity index is 2.54. The van der Waals surface area contributed by atoms with Gasteiger partial charge in [-0.1, -0.05) is 32.6 Å². The maximum absolute atomic E-state index is 11.9. The third-order valence-electron chi connectivity index (χ3n) is 3.83. The summed E-state index contributed by atoms with van der Waals surface area (Å²) in [6.07, 6.45) is 7.61. The minimum atomic E-state index is -3.30. The number of nitrogens with zero attached hydrogens (tertiary/aromatic N) is 1. The molecule has 0 spiro atoms. The first-order chi connectivity index (χ1) is 9.76. The molecule has 0 aliphatic heterocycles. The zero-order valence-electron chi connectivity index (χ0n) is 13.0. The maximum Gasteiger partial charge on any atom is 0.211 e. The highest BCUT2D eigenvalue weighted by Gasteiger charge is 2.27. The van der Waals surface area contributed by atoms with E-state index in [1.54, 1.807) is 0 Å². The molecule has 1 aliphatic carbocycles. The zero-order chi connectivity index (χ0) is 15.9. The van der Waals surface area contributed by atoms with Crippen LogP contribution in [0.5, 0.6) is 0 Å². The molecule has 0 aromatic rings. The lowest BCUT2D eigenvalue weighted by atomic mass is 9.95. The second-order valence-corrected chi connectivity index (χ2v) is 9.59. The number of rotatable bonds is 9. The minimum absolute atomic E-state index is 0.0221. The second kappa shape index (κ2) is 8.45. The van der Waals surface area contributed by atoms with Crippen molar-refractivity contribution in [3.63, 3.8) is 0 Å². The van der Waals surface area contributed by atoms with Gasteiger partial charge < -0.3 is 0 Å². The van der Waals surface area contributed by atoms with Crippen molar-refractivity contribution < 1.29 is 16.8 Å². The predicted octanol–water partition coefficient (Wildman–Crippen LogP) is 1.30. The van der Waals surface area contributed by atoms with Crippen molar-refractivity contribution in [2.75, 3.05) is 25.1 Å². The molecule has 0 bridgehead atoms. The van der Waals surface area contributed by atoms with Crippen LogP contribution in [0.4, 0.5) is 0 Å². The van der Waals surface area contributed by atoms with Crippen molar-refractivity contribution in [2.45, 2.75) is 57.9 Å². The summed E-state index contributed by atoms with van der Waals surface area (Å²) in [6.45, 7) is 2.30. The highest BCUT2D eigenvalue weighted by molar-refractivity contribution is 7.89. The van der Waals surface area contributed by atoms with Crippen molar-refractivity contribution in [1.82, 2.24) is 9.03 Å². The molecule has 21 heavy (non-hydrogen) atoms. The average Bonchev–Trinajstić information content (AvgIpc) is 2.41. The van der Waals surface area contributed by atoms with Gasteiger partial charge in [-0.2, -0.15) is 4.31 Å². The molecule has 8 heteroatoms. The van der Waals surface area contributed by atoms with Crippen LogP contribution in [0.25, 0.3) is 0 Å². The van der Waals surface area contributed by atoms with Crippen LogP contribution < -0.4 is 4.72 Å². The highest BCUT2D eigenvalue weighted by Crippen LogP contribution is 2.24. The molecule has 0 heterocycles. The number of sulfonamides is 2. The molecule has 1 fully saturated rings. The van der Waals surface area contributed by atoms with E-state index >= 15 is 0 Å². The van der Waals surface area contributed by atoms with E-state index < -0.39 is 20.0 Å². The third-order valence-corrected chi connectivity index (χ3v) is 6.63. The average molecular weight is 341 g/mol. The van der Waals surface area contributed by atoms with Crippen LogP contribution in [0.15, 0.2) is 0 Å². The van der Waals surface area contributed by atoms with E-state index in [2.05, 4.69) is 4.72 Å². The van der Waals surface area contributed by atoms with E-state index in [4.69, 9.17) is 0 Å². The topological polar surface area (TPSA) is 83.6 Å². The SMILES string of the molecule is CCCCS(=O)(=O)NCCN(C1CCCCC1)S(C)(=O)=O. The number of unbranched alkanes of at least 4 members (excludes halogenated alkanes) is 1. The molecule has 1 rings (SSSR count). The molecule has 1 saturated carbocycles. The van der Waals surface area contributed by atoms with Crippen LogP contribution in [0.2, 0.25) is 0 Å². The Bertz CT molecular complexity index is 496. The van der Waals surface area contributed by atoms with Crippen LogP contribution in [-0.2, 0) is 20.0 Å². The van der Waals surface area contributed by atoms with Crippen molar-refractivity contribution in [2.24, 2.45) is 0 Å². The summed E-state index contributed by atoms with van der Waals surface area (Å²) >= 11 is 0. The first-order valence-corrected chi connectivity index (χ1v) is 11.2. The van der Waals surface area contributed by atoms with Crippen molar-refractivity contribution in [1.29, 1.82) is 0 Å². The lowest BCUT2D eigenvalue weighted by Crippen LogP contribution is -2.45. The second-order valence-electron chi connectivity index (χ2n) is 5.73. The first-order valence-electron chi connectivity index (χ1n) is 7.70. The molecule has 0 amide bonds. The van der Waals surface area contributed by atoms with E-state index in [0.29, 0.717) is 6.42 Å². The van der Waals surface area contributed by atoms with Gasteiger partial charge in [-0.25, -0.2) is 21.6 Å². The summed E-state index contributed by atoms with van der Waals surface area (Å²) in [5.74, 6) is 0.103. The lowest BCUT2D eigenvalue weighted by Gasteiger charge is -2.32. The Morgan fingerprint density at radius 1 is 1.10 bits per heavy atom. The lowest BCUT2D eigenvalue weighted by molar-refractivity contribution is 0.257. The van der Waals surface area contributed by atoms with Gasteiger partial charge in [0, 0.05) is 19.1 Å². The Morgan fingerprint density at radius 3 is 2.24 bits per heavy atom. The van der Waals surface area contributed by atoms with E-state index in [9.17, 15) is 16.8 Å². The standard InChI is InChI=1S/C13H28N2O4S2/c1-3-4-12-21(18,19)14-10-11-15(20(2,16)17)13-8-6-5-7-9-13/h13-14H,3-12H2,1-2H3. The Morgan fingerprint density at radius 2 is 1.71 bits per heavy atom. The fourth-order valence-corrected chi connectivity index (χ4v) is 5.10. The van der Waals surface area contributed by atoms with Gasteiger partial charge in [0.05, 0.1) is 12.0 Å². The quantitative estimate of drug-likeness (QED) is 0.686. The summed E-state index contributed by atoms with van der Waals surface area (Å²) in [5, 5.41) is 0. The Hall–Kier alpha value is -0.180. The Kier molecular flexibility index (Phi) is 7.59. The van der Waals surface area contributed by atoms with Crippen LogP contribution in [0.1, 0.15) is 51.9 Å². The Labute approximate surface area is 129 Å². The van der Waals surface area contributed by atoms with Gasteiger partial charge in [-0.3, -0.25) is 0 Å². The van der Waals surface area contributed by atoms with Crippen molar-refractivity contribution in [3.05, 3.63) is 0 Å². The molecule has 1 aliphatic rings. The zero-order valence-corrected chi connectivity index (χ0v) is 14.7. The van der Waals surface area contributed by atoms with Gasteiger partial charge in [0.25, 0.3) is 0 Å². The molecule has 0 unspecified atom stereocenters. The largest absolute Gasteiger partial charge is 0.214 e. The summed E-state index contributed by atoms with van der Waals surface area (Å²) in [6, 6.07) is 0.0221. The number of hydrogen-bond acceptors (Lipinski definition) is 4. The summed E-state index contributed by atoms with van der Waals surface area (Å²) in [4.78, 5) is 0. The van der Waals surface area contributed by atoms with Gasteiger partial charge in [0.2, 0.25) is 20.0 Å². The molecule has 6 nitrogen and oxygen atoms in total. The fourth-order valence-electron chi connectivity index (χ4n) is 2.71. The predicted molar refractivity (Wildman–Crippen MR) is 85.1 cm³/mol. The smallest absolute Gasteiger partial charge is 0.211 e. The monoisotopic (exact) mass is 340 g/mol. The number of nitrogens with one attached hydrogen (secondary N) is 1. The van der Waals surface area contributed by atoms with Crippen LogP contribution in [-0.4, -0.2) is 52.3 Å². The molecule has 126 valence electrons. The van der Waals surface area contributed by atoms with E-state index in [0.717, 1.165) is 38.5 Å². The molecule has 0 aromatic heterocycles. The molecular formula is C13H28N2O4S2. The normalized spacial score (nSPS) is 18.2. The first kappa shape index (κ1) is 18.9. The summed E-state index contributed by atoms with van der Waals surface area (Å²) in [5.41, 5.74) is 0. The van der Waals surface area contributed by atoms with E-state index in [-0.39, 0.29) is 24.9 Å². The molecule has 0 aromatic carbocycles. The summed E-state index contributed by atoms with van der Waals surface area (Å²) < 4.78 is 51.2.